The largest absolute Gasteiger partial charge is 0.456 e. The first-order valence-corrected chi connectivity index (χ1v) is 21.9. The molecule has 0 fully saturated rings. The molecule has 294 valence electrons. The zero-order valence-electron chi connectivity index (χ0n) is 33.7. The van der Waals surface area contributed by atoms with Crippen LogP contribution in [0, 0.1) is 0 Å². The second-order valence-corrected chi connectivity index (χ2v) is 17.0. The van der Waals surface area contributed by atoms with E-state index in [-0.39, 0.29) is 0 Å². The SMILES string of the molecule is c1ccc(-c2nc(-c3ccc4c(c3)oc3ccccc34)nc(-c3ccc4c(c3)sc3cccc(-c5ccccc5-c5cccc6c5c5ccccc5n6-c5ccccc5)c34)n2)cc1. The van der Waals surface area contributed by atoms with Crippen LogP contribution in [0.25, 0.3) is 126 Å². The lowest BCUT2D eigenvalue weighted by Crippen LogP contribution is -2.00. The van der Waals surface area contributed by atoms with Gasteiger partial charge in [-0.1, -0.05) is 152 Å². The molecule has 0 atom stereocenters. The molecule has 0 saturated carbocycles. The van der Waals surface area contributed by atoms with Gasteiger partial charge in [0.2, 0.25) is 0 Å². The lowest BCUT2D eigenvalue weighted by Gasteiger charge is -2.14. The first-order valence-electron chi connectivity index (χ1n) is 21.1. The molecule has 4 heterocycles. The Hall–Kier alpha value is -8.19. The minimum atomic E-state index is 0.596. The van der Waals surface area contributed by atoms with Gasteiger partial charge in [0.05, 0.1) is 11.0 Å². The Balaban J connectivity index is 0.961. The van der Waals surface area contributed by atoms with Crippen molar-refractivity contribution in [3.05, 3.63) is 206 Å². The maximum Gasteiger partial charge on any atom is 0.164 e. The maximum absolute atomic E-state index is 6.28. The Kier molecular flexibility index (Phi) is 8.01. The fourth-order valence-electron chi connectivity index (χ4n) is 9.46. The van der Waals surface area contributed by atoms with E-state index in [0.717, 1.165) is 44.3 Å². The standard InChI is InChI=1S/C57H34N4OS/c1-3-15-35(16-4-1)55-58-56(36-29-31-42-41-21-10-12-27-49(41)62-50(42)33-36)60-57(59-55)37-30-32-46-52(34-37)63-51-28-14-24-44(54(46)51)40-20-8-7-19-39(40)43-23-13-26-48-53(43)45-22-9-11-25-47(45)61(48)38-17-5-2-6-18-38/h1-34H. The Morgan fingerprint density at radius 3 is 1.68 bits per heavy atom. The van der Waals surface area contributed by atoms with Crippen LogP contribution in [0.3, 0.4) is 0 Å². The van der Waals surface area contributed by atoms with Crippen molar-refractivity contribution in [2.75, 3.05) is 0 Å². The molecular weight excluding hydrogens is 789 g/mol. The van der Waals surface area contributed by atoms with Crippen LogP contribution in [0.5, 0.6) is 0 Å². The minimum Gasteiger partial charge on any atom is -0.456 e. The number of hydrogen-bond donors (Lipinski definition) is 0. The average molecular weight is 823 g/mol. The Labute approximate surface area is 365 Å². The summed E-state index contributed by atoms with van der Waals surface area (Å²) in [5.41, 5.74) is 12.8. The summed E-state index contributed by atoms with van der Waals surface area (Å²) in [6, 6.07) is 72.8. The third kappa shape index (κ3) is 5.73. The summed E-state index contributed by atoms with van der Waals surface area (Å²) < 4.78 is 11.1. The van der Waals surface area contributed by atoms with Crippen LogP contribution in [-0.4, -0.2) is 19.5 Å². The summed E-state index contributed by atoms with van der Waals surface area (Å²) in [6.45, 7) is 0. The van der Waals surface area contributed by atoms with E-state index < -0.39 is 0 Å². The monoisotopic (exact) mass is 822 g/mol. The molecule has 6 heteroatoms. The van der Waals surface area contributed by atoms with E-state index >= 15 is 0 Å². The molecule has 0 aliphatic rings. The highest BCUT2D eigenvalue weighted by Crippen LogP contribution is 2.46. The highest BCUT2D eigenvalue weighted by atomic mass is 32.1. The van der Waals surface area contributed by atoms with Crippen LogP contribution in [-0.2, 0) is 0 Å². The van der Waals surface area contributed by atoms with Crippen molar-refractivity contribution < 1.29 is 4.42 Å². The fourth-order valence-corrected chi connectivity index (χ4v) is 10.6. The lowest BCUT2D eigenvalue weighted by atomic mass is 9.90. The fraction of sp³-hybridized carbons (Fsp3) is 0. The molecule has 0 N–H and O–H groups in total. The predicted molar refractivity (Wildman–Crippen MR) is 262 cm³/mol. The van der Waals surface area contributed by atoms with Crippen molar-refractivity contribution in [1.82, 2.24) is 19.5 Å². The summed E-state index contributed by atoms with van der Waals surface area (Å²) in [6.07, 6.45) is 0. The second-order valence-electron chi connectivity index (χ2n) is 15.9. The number of furan rings is 1. The van der Waals surface area contributed by atoms with E-state index in [1.807, 2.05) is 54.6 Å². The van der Waals surface area contributed by atoms with Crippen LogP contribution < -0.4 is 0 Å². The summed E-state index contributed by atoms with van der Waals surface area (Å²) in [7, 11) is 0. The van der Waals surface area contributed by atoms with Crippen molar-refractivity contribution in [3.63, 3.8) is 0 Å². The molecule has 63 heavy (non-hydrogen) atoms. The van der Waals surface area contributed by atoms with Crippen LogP contribution in [0.4, 0.5) is 0 Å². The van der Waals surface area contributed by atoms with E-state index in [0.29, 0.717) is 17.5 Å². The Bertz CT molecular complexity index is 3920. The van der Waals surface area contributed by atoms with E-state index in [9.17, 15) is 0 Å². The topological polar surface area (TPSA) is 56.7 Å². The van der Waals surface area contributed by atoms with Gasteiger partial charge in [-0.2, -0.15) is 0 Å². The molecule has 9 aromatic carbocycles. The van der Waals surface area contributed by atoms with Crippen LogP contribution in [0.2, 0.25) is 0 Å². The number of para-hydroxylation sites is 3. The molecule has 0 saturated heterocycles. The molecule has 5 nitrogen and oxygen atoms in total. The minimum absolute atomic E-state index is 0.596. The number of thiophene rings is 1. The van der Waals surface area contributed by atoms with Gasteiger partial charge in [-0.25, -0.2) is 15.0 Å². The molecule has 13 aromatic rings. The molecule has 0 aliphatic carbocycles. The first-order chi connectivity index (χ1) is 31.2. The quantitative estimate of drug-likeness (QED) is 0.168. The van der Waals surface area contributed by atoms with Gasteiger partial charge < -0.3 is 8.98 Å². The number of rotatable bonds is 6. The lowest BCUT2D eigenvalue weighted by molar-refractivity contribution is 0.669. The highest BCUT2D eigenvalue weighted by molar-refractivity contribution is 7.26. The Morgan fingerprint density at radius 1 is 0.349 bits per heavy atom. The molecular formula is C57H34N4OS. The predicted octanol–water partition coefficient (Wildman–Crippen LogP) is 15.6. The van der Waals surface area contributed by atoms with Gasteiger partial charge in [0.25, 0.3) is 0 Å². The third-order valence-electron chi connectivity index (χ3n) is 12.3. The van der Waals surface area contributed by atoms with Gasteiger partial charge in [-0.05, 0) is 76.9 Å². The molecule has 0 spiro atoms. The summed E-state index contributed by atoms with van der Waals surface area (Å²) in [5, 5.41) is 7.10. The van der Waals surface area contributed by atoms with Crippen molar-refractivity contribution in [2.45, 2.75) is 0 Å². The number of hydrogen-bond acceptors (Lipinski definition) is 5. The van der Waals surface area contributed by atoms with E-state index in [1.165, 1.54) is 64.2 Å². The van der Waals surface area contributed by atoms with Gasteiger partial charge in [0, 0.05) is 64.1 Å². The maximum atomic E-state index is 6.28. The zero-order valence-corrected chi connectivity index (χ0v) is 34.6. The smallest absolute Gasteiger partial charge is 0.164 e. The van der Waals surface area contributed by atoms with E-state index in [2.05, 4.69) is 156 Å². The molecule has 0 radical (unpaired) electrons. The van der Waals surface area contributed by atoms with Crippen molar-refractivity contribution >= 4 is 75.3 Å². The average Bonchev–Trinajstić information content (AvgIpc) is 4.03. The molecule has 13 rings (SSSR count). The summed E-state index contributed by atoms with van der Waals surface area (Å²) in [5.74, 6) is 1.84. The van der Waals surface area contributed by atoms with Gasteiger partial charge >= 0.3 is 0 Å². The van der Waals surface area contributed by atoms with E-state index in [1.54, 1.807) is 11.3 Å². The highest BCUT2D eigenvalue weighted by Gasteiger charge is 2.21. The third-order valence-corrected chi connectivity index (χ3v) is 13.4. The zero-order chi connectivity index (χ0) is 41.4. The van der Waals surface area contributed by atoms with Crippen molar-refractivity contribution in [2.24, 2.45) is 0 Å². The van der Waals surface area contributed by atoms with Gasteiger partial charge in [-0.15, -0.1) is 11.3 Å². The normalized spacial score (nSPS) is 11.8. The molecule has 0 unspecified atom stereocenters. The van der Waals surface area contributed by atoms with Gasteiger partial charge in [0.15, 0.2) is 17.5 Å². The molecule has 0 aliphatic heterocycles. The van der Waals surface area contributed by atoms with Crippen LogP contribution in [0.15, 0.2) is 211 Å². The van der Waals surface area contributed by atoms with Crippen molar-refractivity contribution in [1.29, 1.82) is 0 Å². The number of fused-ring (bicyclic) bond motifs is 9. The number of benzene rings is 9. The first kappa shape index (κ1) is 35.6. The summed E-state index contributed by atoms with van der Waals surface area (Å²) in [4.78, 5) is 15.3. The number of aromatic nitrogens is 4. The second kappa shape index (κ2) is 14.2. The Morgan fingerprint density at radius 2 is 0.905 bits per heavy atom. The summed E-state index contributed by atoms with van der Waals surface area (Å²) >= 11 is 1.80. The van der Waals surface area contributed by atoms with Gasteiger partial charge in [-0.3, -0.25) is 0 Å². The molecule has 0 amide bonds. The molecule has 4 aromatic heterocycles. The van der Waals surface area contributed by atoms with Crippen LogP contribution in [0.1, 0.15) is 0 Å². The van der Waals surface area contributed by atoms with E-state index in [4.69, 9.17) is 19.4 Å². The number of nitrogens with zero attached hydrogens (tertiary/aromatic N) is 4. The van der Waals surface area contributed by atoms with Gasteiger partial charge in [0.1, 0.15) is 11.2 Å². The van der Waals surface area contributed by atoms with Crippen molar-refractivity contribution in [3.8, 4) is 62.1 Å². The molecule has 0 bridgehead atoms. The van der Waals surface area contributed by atoms with Crippen LogP contribution >= 0.6 is 11.3 Å².